The lowest BCUT2D eigenvalue weighted by Crippen LogP contribution is -2.29. The fourth-order valence-electron chi connectivity index (χ4n) is 1.75. The van der Waals surface area contributed by atoms with E-state index in [1.807, 2.05) is 0 Å². The second kappa shape index (κ2) is 6.13. The topological polar surface area (TPSA) is 105 Å². The van der Waals surface area contributed by atoms with E-state index in [4.69, 9.17) is 11.0 Å². The van der Waals surface area contributed by atoms with Crippen molar-refractivity contribution in [1.29, 1.82) is 5.26 Å². The molecule has 22 heavy (non-hydrogen) atoms. The Hall–Kier alpha value is -3.08. The summed E-state index contributed by atoms with van der Waals surface area (Å²) < 4.78 is 26.1. The third kappa shape index (κ3) is 3.15. The quantitative estimate of drug-likeness (QED) is 0.898. The van der Waals surface area contributed by atoms with Gasteiger partial charge in [0.15, 0.2) is 28.8 Å². The number of nitrogens with zero attached hydrogens (tertiary/aromatic N) is 3. The molecule has 0 bridgehead atoms. The highest BCUT2D eigenvalue weighted by Gasteiger charge is 2.18. The normalized spacial score (nSPS) is 11.5. The SMILES string of the molecule is CC(NC(=O)c1nc(C#N)cnc1N)c1ccc(F)c(F)c1. The number of amides is 1. The van der Waals surface area contributed by atoms with Gasteiger partial charge in [-0.2, -0.15) is 5.26 Å². The summed E-state index contributed by atoms with van der Waals surface area (Å²) in [5, 5.41) is 11.3. The summed E-state index contributed by atoms with van der Waals surface area (Å²) in [5.41, 5.74) is 5.66. The maximum atomic E-state index is 13.2. The molecule has 0 saturated heterocycles. The highest BCUT2D eigenvalue weighted by Crippen LogP contribution is 2.17. The van der Waals surface area contributed by atoms with Gasteiger partial charge in [-0.05, 0) is 24.6 Å². The van der Waals surface area contributed by atoms with Crippen LogP contribution in [0, 0.1) is 23.0 Å². The lowest BCUT2D eigenvalue weighted by Gasteiger charge is -2.14. The number of benzene rings is 1. The molecule has 0 fully saturated rings. The molecule has 0 aliphatic heterocycles. The third-order valence-corrected chi connectivity index (χ3v) is 2.92. The monoisotopic (exact) mass is 303 g/mol. The zero-order valence-electron chi connectivity index (χ0n) is 11.5. The van der Waals surface area contributed by atoms with Gasteiger partial charge in [-0.15, -0.1) is 0 Å². The highest BCUT2D eigenvalue weighted by atomic mass is 19.2. The maximum Gasteiger partial charge on any atom is 0.274 e. The van der Waals surface area contributed by atoms with Gasteiger partial charge >= 0.3 is 0 Å². The van der Waals surface area contributed by atoms with Crippen molar-refractivity contribution in [3.05, 3.63) is 53.0 Å². The Bertz CT molecular complexity index is 772. The minimum atomic E-state index is -1.01. The molecule has 1 aromatic heterocycles. The van der Waals surface area contributed by atoms with Crippen molar-refractivity contribution in [3.8, 4) is 6.07 Å². The van der Waals surface area contributed by atoms with Crippen LogP contribution in [-0.2, 0) is 0 Å². The minimum absolute atomic E-state index is 0.0557. The van der Waals surface area contributed by atoms with Crippen LogP contribution in [0.2, 0.25) is 0 Å². The van der Waals surface area contributed by atoms with Crippen LogP contribution in [0.25, 0.3) is 0 Å². The zero-order valence-corrected chi connectivity index (χ0v) is 11.5. The first kappa shape index (κ1) is 15.3. The van der Waals surface area contributed by atoms with E-state index in [9.17, 15) is 13.6 Å². The van der Waals surface area contributed by atoms with Crippen molar-refractivity contribution >= 4 is 11.7 Å². The first-order chi connectivity index (χ1) is 10.4. The summed E-state index contributed by atoms with van der Waals surface area (Å²) in [6, 6.07) is 4.44. The first-order valence-corrected chi connectivity index (χ1v) is 6.20. The molecule has 6 nitrogen and oxygen atoms in total. The van der Waals surface area contributed by atoms with Crippen molar-refractivity contribution in [1.82, 2.24) is 15.3 Å². The Morgan fingerprint density at radius 3 is 2.77 bits per heavy atom. The number of hydrogen-bond donors (Lipinski definition) is 2. The molecule has 0 saturated carbocycles. The first-order valence-electron chi connectivity index (χ1n) is 6.20. The van der Waals surface area contributed by atoms with Crippen LogP contribution in [0.15, 0.2) is 24.4 Å². The van der Waals surface area contributed by atoms with E-state index in [1.54, 1.807) is 13.0 Å². The Morgan fingerprint density at radius 1 is 1.41 bits per heavy atom. The lowest BCUT2D eigenvalue weighted by atomic mass is 10.1. The fraction of sp³-hybridized carbons (Fsp3) is 0.143. The molecule has 0 spiro atoms. The van der Waals surface area contributed by atoms with E-state index in [-0.39, 0.29) is 17.2 Å². The number of hydrogen-bond acceptors (Lipinski definition) is 5. The Labute approximate surface area is 124 Å². The van der Waals surface area contributed by atoms with Crippen LogP contribution >= 0.6 is 0 Å². The zero-order chi connectivity index (χ0) is 16.3. The average Bonchev–Trinajstić information content (AvgIpc) is 2.50. The summed E-state index contributed by atoms with van der Waals surface area (Å²) in [5.74, 6) is -2.78. The predicted molar refractivity (Wildman–Crippen MR) is 73.4 cm³/mol. The number of nitrogen functional groups attached to an aromatic ring is 1. The number of carbonyl (C=O) groups excluding carboxylic acids is 1. The van der Waals surface area contributed by atoms with E-state index in [0.29, 0.717) is 5.56 Å². The number of rotatable bonds is 3. The van der Waals surface area contributed by atoms with Crippen molar-refractivity contribution in [3.63, 3.8) is 0 Å². The van der Waals surface area contributed by atoms with Gasteiger partial charge in [0.1, 0.15) is 6.07 Å². The van der Waals surface area contributed by atoms with Gasteiger partial charge in [-0.25, -0.2) is 18.7 Å². The smallest absolute Gasteiger partial charge is 0.274 e. The summed E-state index contributed by atoms with van der Waals surface area (Å²) in [7, 11) is 0. The summed E-state index contributed by atoms with van der Waals surface area (Å²) >= 11 is 0. The minimum Gasteiger partial charge on any atom is -0.382 e. The van der Waals surface area contributed by atoms with Crippen LogP contribution in [0.3, 0.4) is 0 Å². The Balaban J connectivity index is 2.21. The number of anilines is 1. The molecule has 1 amide bonds. The van der Waals surface area contributed by atoms with E-state index >= 15 is 0 Å². The number of nitrogens with one attached hydrogen (secondary N) is 1. The van der Waals surface area contributed by atoms with Gasteiger partial charge in [0.05, 0.1) is 12.2 Å². The molecule has 2 aromatic rings. The molecule has 3 N–H and O–H groups in total. The summed E-state index contributed by atoms with van der Waals surface area (Å²) in [4.78, 5) is 19.6. The third-order valence-electron chi connectivity index (χ3n) is 2.92. The van der Waals surface area contributed by atoms with E-state index in [1.165, 1.54) is 6.07 Å². The summed E-state index contributed by atoms with van der Waals surface area (Å²) in [6.45, 7) is 1.59. The van der Waals surface area contributed by atoms with E-state index < -0.39 is 23.6 Å². The number of aromatic nitrogens is 2. The molecule has 1 aromatic carbocycles. The van der Waals surface area contributed by atoms with Gasteiger partial charge in [-0.1, -0.05) is 6.07 Å². The second-order valence-corrected chi connectivity index (χ2v) is 4.47. The molecular weight excluding hydrogens is 292 g/mol. The Morgan fingerprint density at radius 2 is 2.14 bits per heavy atom. The molecule has 0 aliphatic rings. The number of halogens is 2. The molecule has 8 heteroatoms. The molecule has 1 heterocycles. The van der Waals surface area contributed by atoms with Gasteiger partial charge in [0, 0.05) is 0 Å². The average molecular weight is 303 g/mol. The van der Waals surface area contributed by atoms with E-state index in [2.05, 4.69) is 15.3 Å². The molecule has 112 valence electrons. The molecule has 1 atom stereocenters. The standard InChI is InChI=1S/C14H11F2N5O/c1-7(8-2-3-10(15)11(16)4-8)20-14(22)12-13(18)19-6-9(5-17)21-12/h2-4,6-7H,1H3,(H2,18,19)(H,20,22). The molecule has 1 unspecified atom stereocenters. The van der Waals surface area contributed by atoms with Gasteiger partial charge in [-0.3, -0.25) is 4.79 Å². The molecule has 0 radical (unpaired) electrons. The molecule has 2 rings (SSSR count). The van der Waals surface area contributed by atoms with Gasteiger partial charge in [0.25, 0.3) is 5.91 Å². The van der Waals surface area contributed by atoms with Gasteiger partial charge in [0.2, 0.25) is 0 Å². The lowest BCUT2D eigenvalue weighted by molar-refractivity contribution is 0.0935. The highest BCUT2D eigenvalue weighted by molar-refractivity contribution is 5.96. The fourth-order valence-corrected chi connectivity index (χ4v) is 1.75. The molecular formula is C14H11F2N5O. The van der Waals surface area contributed by atoms with Crippen LogP contribution in [0.5, 0.6) is 0 Å². The largest absolute Gasteiger partial charge is 0.382 e. The van der Waals surface area contributed by atoms with E-state index in [0.717, 1.165) is 18.3 Å². The predicted octanol–water partition coefficient (Wildman–Crippen LogP) is 1.70. The number of nitrogens with two attached hydrogens (primary N) is 1. The van der Waals surface area contributed by atoms with Crippen molar-refractivity contribution in [2.45, 2.75) is 13.0 Å². The number of nitriles is 1. The number of carbonyl (C=O) groups is 1. The van der Waals surface area contributed by atoms with Gasteiger partial charge < -0.3 is 11.1 Å². The maximum absolute atomic E-state index is 13.2. The van der Waals surface area contributed by atoms with Crippen molar-refractivity contribution < 1.29 is 13.6 Å². The second-order valence-electron chi connectivity index (χ2n) is 4.47. The summed E-state index contributed by atoms with van der Waals surface area (Å²) in [6.07, 6.45) is 1.14. The molecule has 0 aliphatic carbocycles. The van der Waals surface area contributed by atoms with Crippen LogP contribution in [0.4, 0.5) is 14.6 Å². The Kier molecular flexibility index (Phi) is 4.27. The van der Waals surface area contributed by atoms with Crippen LogP contribution < -0.4 is 11.1 Å². The van der Waals surface area contributed by atoms with Crippen LogP contribution in [-0.4, -0.2) is 15.9 Å². The van der Waals surface area contributed by atoms with Crippen LogP contribution in [0.1, 0.15) is 34.7 Å². The van der Waals surface area contributed by atoms with Crippen molar-refractivity contribution in [2.75, 3.05) is 5.73 Å². The van der Waals surface area contributed by atoms with Crippen molar-refractivity contribution in [2.24, 2.45) is 0 Å².